The summed E-state index contributed by atoms with van der Waals surface area (Å²) < 4.78 is 0. The minimum Gasteiger partial charge on any atom is -0.372 e. The van der Waals surface area contributed by atoms with E-state index >= 15 is 0 Å². The van der Waals surface area contributed by atoms with Crippen LogP contribution in [-0.2, 0) is 0 Å². The smallest absolute Gasteiger partial charge is 0.103 e. The largest absolute Gasteiger partial charge is 0.372 e. The van der Waals surface area contributed by atoms with Crippen molar-refractivity contribution in [2.75, 3.05) is 13.6 Å². The zero-order chi connectivity index (χ0) is 6.20. The minimum atomic E-state index is 0.328. The van der Waals surface area contributed by atoms with Gasteiger partial charge in [0.25, 0.3) is 0 Å². The molecule has 0 aliphatic carbocycles. The summed E-state index contributed by atoms with van der Waals surface area (Å²) in [5, 5.41) is 3.14. The Hall–Kier alpha value is -0.530. The molecule has 0 aromatic heterocycles. The second-order valence-electron chi connectivity index (χ2n) is 2.81. The van der Waals surface area contributed by atoms with Gasteiger partial charge in [0.2, 0.25) is 0 Å². The highest BCUT2D eigenvalue weighted by atomic mass is 15.1. The van der Waals surface area contributed by atoms with Gasteiger partial charge in [0.1, 0.15) is 5.84 Å². The highest BCUT2D eigenvalue weighted by Crippen LogP contribution is 2.21. The lowest BCUT2D eigenvalue weighted by Gasteiger charge is -2.37. The number of amidine groups is 1. The highest BCUT2D eigenvalue weighted by molar-refractivity contribution is 5.92. The van der Waals surface area contributed by atoms with E-state index in [1.165, 1.54) is 0 Å². The molecule has 0 amide bonds. The predicted octanol–water partition coefficient (Wildman–Crippen LogP) is 0.644. The Bertz CT molecular complexity index is 124. The van der Waals surface area contributed by atoms with Crippen molar-refractivity contribution in [3.05, 3.63) is 0 Å². The standard InChI is InChI=1S/C6H12N2/c1-6(2)4-8-5(6)7-3/h4H2,1-3H3,(H,7,8). The summed E-state index contributed by atoms with van der Waals surface area (Å²) in [6, 6.07) is 0. The molecule has 0 spiro atoms. The first-order valence-corrected chi connectivity index (χ1v) is 2.88. The molecule has 0 radical (unpaired) electrons. The van der Waals surface area contributed by atoms with Gasteiger partial charge in [-0.1, -0.05) is 13.8 Å². The zero-order valence-electron chi connectivity index (χ0n) is 5.65. The Morgan fingerprint density at radius 1 is 1.62 bits per heavy atom. The molecule has 1 saturated heterocycles. The normalized spacial score (nSPS) is 29.1. The summed E-state index contributed by atoms with van der Waals surface area (Å²) >= 11 is 0. The molecule has 1 aliphatic heterocycles. The van der Waals surface area contributed by atoms with Gasteiger partial charge in [0, 0.05) is 19.0 Å². The third kappa shape index (κ3) is 0.602. The summed E-state index contributed by atoms with van der Waals surface area (Å²) in [6.45, 7) is 5.44. The molecular formula is C6H12N2. The van der Waals surface area contributed by atoms with Crippen molar-refractivity contribution in [3.8, 4) is 0 Å². The fourth-order valence-corrected chi connectivity index (χ4v) is 0.903. The lowest BCUT2D eigenvalue weighted by atomic mass is 9.85. The molecular weight excluding hydrogens is 100 g/mol. The molecule has 1 N–H and O–H groups in total. The number of rotatable bonds is 0. The number of hydrogen-bond donors (Lipinski definition) is 1. The Morgan fingerprint density at radius 3 is 2.25 bits per heavy atom. The second kappa shape index (κ2) is 1.47. The monoisotopic (exact) mass is 112 g/mol. The number of nitrogens with zero attached hydrogens (tertiary/aromatic N) is 1. The maximum absolute atomic E-state index is 4.05. The zero-order valence-corrected chi connectivity index (χ0v) is 5.65. The second-order valence-corrected chi connectivity index (χ2v) is 2.81. The number of aliphatic imine (C=N–C) groups is 1. The fraction of sp³-hybridized carbons (Fsp3) is 0.833. The van der Waals surface area contributed by atoms with Crippen molar-refractivity contribution in [1.82, 2.24) is 5.32 Å². The van der Waals surface area contributed by atoms with Crippen molar-refractivity contribution >= 4 is 5.84 Å². The van der Waals surface area contributed by atoms with Gasteiger partial charge >= 0.3 is 0 Å². The molecule has 0 bridgehead atoms. The fourth-order valence-electron chi connectivity index (χ4n) is 0.903. The van der Waals surface area contributed by atoms with Crippen molar-refractivity contribution in [2.45, 2.75) is 13.8 Å². The van der Waals surface area contributed by atoms with E-state index in [4.69, 9.17) is 0 Å². The van der Waals surface area contributed by atoms with E-state index in [0.29, 0.717) is 5.41 Å². The quantitative estimate of drug-likeness (QED) is 0.488. The van der Waals surface area contributed by atoms with Crippen LogP contribution in [-0.4, -0.2) is 19.4 Å². The molecule has 1 rings (SSSR count). The molecule has 8 heavy (non-hydrogen) atoms. The first kappa shape index (κ1) is 5.60. The first-order valence-electron chi connectivity index (χ1n) is 2.88. The summed E-state index contributed by atoms with van der Waals surface area (Å²) in [7, 11) is 1.82. The molecule has 46 valence electrons. The van der Waals surface area contributed by atoms with Gasteiger partial charge in [-0.2, -0.15) is 0 Å². The molecule has 0 aromatic rings. The third-order valence-corrected chi connectivity index (χ3v) is 1.56. The predicted molar refractivity (Wildman–Crippen MR) is 35.1 cm³/mol. The lowest BCUT2D eigenvalue weighted by molar-refractivity contribution is 0.416. The maximum atomic E-state index is 4.05. The van der Waals surface area contributed by atoms with Gasteiger partial charge in [-0.3, -0.25) is 4.99 Å². The maximum Gasteiger partial charge on any atom is 0.103 e. The molecule has 1 fully saturated rings. The average molecular weight is 112 g/mol. The van der Waals surface area contributed by atoms with Gasteiger partial charge in [-0.05, 0) is 0 Å². The van der Waals surface area contributed by atoms with Gasteiger partial charge < -0.3 is 5.32 Å². The van der Waals surface area contributed by atoms with Crippen LogP contribution in [0.5, 0.6) is 0 Å². The molecule has 0 saturated carbocycles. The molecule has 0 aromatic carbocycles. The SMILES string of the molecule is CN=C1NCC1(C)C. The van der Waals surface area contributed by atoms with Crippen molar-refractivity contribution < 1.29 is 0 Å². The lowest BCUT2D eigenvalue weighted by Crippen LogP contribution is -2.55. The van der Waals surface area contributed by atoms with E-state index in [0.717, 1.165) is 12.4 Å². The van der Waals surface area contributed by atoms with Crippen LogP contribution in [0.15, 0.2) is 4.99 Å². The van der Waals surface area contributed by atoms with E-state index in [9.17, 15) is 0 Å². The molecule has 1 aliphatic rings. The minimum absolute atomic E-state index is 0.328. The van der Waals surface area contributed by atoms with Crippen molar-refractivity contribution in [2.24, 2.45) is 10.4 Å². The Morgan fingerprint density at radius 2 is 2.25 bits per heavy atom. The van der Waals surface area contributed by atoms with Crippen molar-refractivity contribution in [3.63, 3.8) is 0 Å². The Balaban J connectivity index is 2.63. The van der Waals surface area contributed by atoms with Gasteiger partial charge in [0.15, 0.2) is 0 Å². The molecule has 0 unspecified atom stereocenters. The summed E-state index contributed by atoms with van der Waals surface area (Å²) in [5.74, 6) is 1.14. The van der Waals surface area contributed by atoms with E-state index < -0.39 is 0 Å². The van der Waals surface area contributed by atoms with Gasteiger partial charge in [0.05, 0.1) is 0 Å². The van der Waals surface area contributed by atoms with Crippen LogP contribution in [0.3, 0.4) is 0 Å². The van der Waals surface area contributed by atoms with Gasteiger partial charge in [-0.15, -0.1) is 0 Å². The van der Waals surface area contributed by atoms with E-state index in [1.54, 1.807) is 0 Å². The summed E-state index contributed by atoms with van der Waals surface area (Å²) in [5.41, 5.74) is 0.328. The Labute approximate surface area is 50.0 Å². The van der Waals surface area contributed by atoms with Crippen LogP contribution in [0.4, 0.5) is 0 Å². The van der Waals surface area contributed by atoms with Crippen LogP contribution in [0, 0.1) is 5.41 Å². The van der Waals surface area contributed by atoms with Crippen LogP contribution in [0.2, 0.25) is 0 Å². The highest BCUT2D eigenvalue weighted by Gasteiger charge is 2.33. The summed E-state index contributed by atoms with van der Waals surface area (Å²) in [6.07, 6.45) is 0. The molecule has 1 heterocycles. The summed E-state index contributed by atoms with van der Waals surface area (Å²) in [4.78, 5) is 4.05. The van der Waals surface area contributed by atoms with Crippen LogP contribution in [0.25, 0.3) is 0 Å². The van der Waals surface area contributed by atoms with Crippen LogP contribution in [0.1, 0.15) is 13.8 Å². The molecule has 2 nitrogen and oxygen atoms in total. The van der Waals surface area contributed by atoms with Crippen molar-refractivity contribution in [1.29, 1.82) is 0 Å². The third-order valence-electron chi connectivity index (χ3n) is 1.56. The van der Waals surface area contributed by atoms with Crippen LogP contribution < -0.4 is 5.32 Å². The molecule has 2 heteroatoms. The Kier molecular flexibility index (Phi) is 1.03. The van der Waals surface area contributed by atoms with E-state index in [1.807, 2.05) is 7.05 Å². The van der Waals surface area contributed by atoms with Crippen LogP contribution >= 0.6 is 0 Å². The number of nitrogens with one attached hydrogen (secondary N) is 1. The molecule has 0 atom stereocenters. The van der Waals surface area contributed by atoms with E-state index in [-0.39, 0.29) is 0 Å². The van der Waals surface area contributed by atoms with E-state index in [2.05, 4.69) is 24.2 Å². The number of hydrogen-bond acceptors (Lipinski definition) is 1. The van der Waals surface area contributed by atoms with Gasteiger partial charge in [-0.25, -0.2) is 0 Å². The first-order chi connectivity index (χ1) is 3.67. The average Bonchev–Trinajstić information content (AvgIpc) is 1.66. The topological polar surface area (TPSA) is 24.4 Å².